The Kier molecular flexibility index (Phi) is 5.13. The fourth-order valence-corrected chi connectivity index (χ4v) is 4.06. The summed E-state index contributed by atoms with van der Waals surface area (Å²) in [4.78, 5) is 27.5. The summed E-state index contributed by atoms with van der Waals surface area (Å²) in [5, 5.41) is 10.7. The summed E-state index contributed by atoms with van der Waals surface area (Å²) in [6, 6.07) is 9.78. The molecule has 0 atom stereocenters. The monoisotopic (exact) mass is 411 g/mol. The van der Waals surface area contributed by atoms with Crippen molar-refractivity contribution >= 4 is 39.2 Å². The van der Waals surface area contributed by atoms with Crippen molar-refractivity contribution in [3.05, 3.63) is 63.0 Å². The summed E-state index contributed by atoms with van der Waals surface area (Å²) in [6.45, 7) is 2.99. The lowest BCUT2D eigenvalue weighted by Crippen LogP contribution is -2.16. The van der Waals surface area contributed by atoms with E-state index in [4.69, 9.17) is 9.47 Å². The number of nitrogens with zero attached hydrogens (tertiary/aromatic N) is 3. The number of hydrogen-bond donors (Lipinski definition) is 0. The average molecular weight is 411 g/mol. The van der Waals surface area contributed by atoms with Gasteiger partial charge in [0, 0.05) is 36.9 Å². The molecule has 148 valence electrons. The largest absolute Gasteiger partial charge is 0.454 e. The van der Waals surface area contributed by atoms with Gasteiger partial charge in [0.1, 0.15) is 0 Å². The second-order valence-corrected chi connectivity index (χ2v) is 7.35. The van der Waals surface area contributed by atoms with Gasteiger partial charge >= 0.3 is 0 Å². The van der Waals surface area contributed by atoms with Crippen LogP contribution in [0.4, 0.5) is 5.69 Å². The summed E-state index contributed by atoms with van der Waals surface area (Å²) in [7, 11) is 0. The molecule has 0 radical (unpaired) electrons. The van der Waals surface area contributed by atoms with Gasteiger partial charge in [-0.2, -0.15) is 4.99 Å². The fourth-order valence-electron chi connectivity index (χ4n) is 2.99. The number of fused-ring (bicyclic) bond motifs is 2. The van der Waals surface area contributed by atoms with Gasteiger partial charge < -0.3 is 14.0 Å². The Morgan fingerprint density at radius 2 is 2.00 bits per heavy atom. The van der Waals surface area contributed by atoms with E-state index in [1.807, 2.05) is 16.7 Å². The topological polar surface area (TPSA) is 96.0 Å². The molecule has 0 spiro atoms. The lowest BCUT2D eigenvalue weighted by molar-refractivity contribution is -0.384. The number of carbonyl (C=O) groups excluding carboxylic acids is 1. The number of thiazole rings is 1. The smallest absolute Gasteiger partial charge is 0.272 e. The molecule has 0 fully saturated rings. The summed E-state index contributed by atoms with van der Waals surface area (Å²) < 4.78 is 13.9. The number of aromatic nitrogens is 1. The van der Waals surface area contributed by atoms with Gasteiger partial charge in [-0.1, -0.05) is 18.3 Å². The van der Waals surface area contributed by atoms with E-state index in [9.17, 15) is 14.9 Å². The number of hydrogen-bond acceptors (Lipinski definition) is 6. The van der Waals surface area contributed by atoms with Gasteiger partial charge in [0.25, 0.3) is 11.6 Å². The van der Waals surface area contributed by atoms with Crippen LogP contribution in [0.2, 0.25) is 0 Å². The van der Waals surface area contributed by atoms with E-state index < -0.39 is 10.8 Å². The number of nitro groups is 1. The van der Waals surface area contributed by atoms with Crippen molar-refractivity contribution in [2.75, 3.05) is 6.79 Å². The minimum Gasteiger partial charge on any atom is -0.454 e. The van der Waals surface area contributed by atoms with Crippen LogP contribution in [0.15, 0.2) is 47.5 Å². The third-order valence-electron chi connectivity index (χ3n) is 4.35. The van der Waals surface area contributed by atoms with Crippen molar-refractivity contribution in [3.8, 4) is 11.5 Å². The zero-order chi connectivity index (χ0) is 20.4. The lowest BCUT2D eigenvalue weighted by Gasteiger charge is -2.03. The van der Waals surface area contributed by atoms with E-state index >= 15 is 0 Å². The second kappa shape index (κ2) is 7.88. The highest BCUT2D eigenvalue weighted by Gasteiger charge is 2.17. The number of benzene rings is 2. The maximum Gasteiger partial charge on any atom is 0.272 e. The number of aryl methyl sites for hydroxylation is 1. The predicted molar refractivity (Wildman–Crippen MR) is 109 cm³/mol. The molecule has 29 heavy (non-hydrogen) atoms. The first kappa shape index (κ1) is 18.9. The van der Waals surface area contributed by atoms with Crippen LogP contribution < -0.4 is 14.3 Å². The van der Waals surface area contributed by atoms with Gasteiger partial charge in [-0.25, -0.2) is 0 Å². The van der Waals surface area contributed by atoms with E-state index in [1.54, 1.807) is 18.2 Å². The molecular formula is C20H17N3O5S. The van der Waals surface area contributed by atoms with Gasteiger partial charge in [-0.05, 0) is 30.2 Å². The Balaban J connectivity index is 1.65. The third kappa shape index (κ3) is 3.90. The van der Waals surface area contributed by atoms with E-state index in [1.165, 1.54) is 29.5 Å². The van der Waals surface area contributed by atoms with Crippen LogP contribution in [-0.4, -0.2) is 22.2 Å². The highest BCUT2D eigenvalue weighted by Crippen LogP contribution is 2.37. The molecule has 0 bridgehead atoms. The maximum absolute atomic E-state index is 12.4. The zero-order valence-electron chi connectivity index (χ0n) is 15.5. The quantitative estimate of drug-likeness (QED) is 0.361. The molecule has 1 amide bonds. The molecule has 4 rings (SSSR count). The SMILES string of the molecule is CCCn1c(=NC(=O)C=Cc2ccc([N+](=O)[O-])cc2)sc2cc3c(cc21)OCO3. The third-order valence-corrected chi connectivity index (χ3v) is 5.39. The minimum atomic E-state index is -0.464. The molecule has 0 saturated heterocycles. The van der Waals surface area contributed by atoms with Crippen LogP contribution in [0.5, 0.6) is 11.5 Å². The molecular weight excluding hydrogens is 394 g/mol. The Morgan fingerprint density at radius 3 is 2.69 bits per heavy atom. The average Bonchev–Trinajstić information content (AvgIpc) is 3.29. The van der Waals surface area contributed by atoms with E-state index in [-0.39, 0.29) is 12.5 Å². The standard InChI is InChI=1S/C20H17N3O5S/c1-2-9-22-15-10-16-17(28-12-27-16)11-18(15)29-20(22)21-19(24)8-5-13-3-6-14(7-4-13)23(25)26/h3-8,10-11H,2,9,12H2,1H3. The summed E-state index contributed by atoms with van der Waals surface area (Å²) in [6.07, 6.45) is 3.83. The Labute approximate surface area is 169 Å². The Bertz CT molecular complexity index is 1190. The Hall–Kier alpha value is -3.46. The fraction of sp³-hybridized carbons (Fsp3) is 0.200. The number of non-ortho nitro benzene ring substituents is 1. The van der Waals surface area contributed by atoms with Crippen LogP contribution in [0.3, 0.4) is 0 Å². The Morgan fingerprint density at radius 1 is 1.28 bits per heavy atom. The number of nitro benzene ring substituents is 1. The second-order valence-electron chi connectivity index (χ2n) is 6.34. The molecule has 2 aromatic carbocycles. The van der Waals surface area contributed by atoms with Crippen molar-refractivity contribution in [2.24, 2.45) is 4.99 Å². The minimum absolute atomic E-state index is 0.00361. The van der Waals surface area contributed by atoms with E-state index in [0.29, 0.717) is 21.9 Å². The van der Waals surface area contributed by atoms with Crippen LogP contribution in [0, 0.1) is 10.1 Å². The molecule has 1 aliphatic rings. The lowest BCUT2D eigenvalue weighted by atomic mass is 10.2. The molecule has 9 heteroatoms. The highest BCUT2D eigenvalue weighted by atomic mass is 32.1. The normalized spacial score (nSPS) is 13.5. The molecule has 0 unspecified atom stereocenters. The summed E-state index contributed by atoms with van der Waals surface area (Å²) in [5.41, 5.74) is 1.64. The first-order chi connectivity index (χ1) is 14.0. The molecule has 0 N–H and O–H groups in total. The van der Waals surface area contributed by atoms with Crippen molar-refractivity contribution in [1.82, 2.24) is 4.57 Å². The molecule has 1 aliphatic heterocycles. The first-order valence-electron chi connectivity index (χ1n) is 8.99. The number of rotatable bonds is 5. The zero-order valence-corrected chi connectivity index (χ0v) is 16.3. The van der Waals surface area contributed by atoms with Gasteiger partial charge in [-0.3, -0.25) is 14.9 Å². The highest BCUT2D eigenvalue weighted by molar-refractivity contribution is 7.16. The van der Waals surface area contributed by atoms with Gasteiger partial charge in [0.15, 0.2) is 16.3 Å². The molecule has 1 aromatic heterocycles. The number of amides is 1. The summed E-state index contributed by atoms with van der Waals surface area (Å²) >= 11 is 1.42. The van der Waals surface area contributed by atoms with Gasteiger partial charge in [0.2, 0.25) is 6.79 Å². The molecule has 0 saturated carbocycles. The van der Waals surface area contributed by atoms with Crippen molar-refractivity contribution in [1.29, 1.82) is 0 Å². The van der Waals surface area contributed by atoms with E-state index in [2.05, 4.69) is 11.9 Å². The number of carbonyl (C=O) groups is 1. The van der Waals surface area contributed by atoms with Crippen molar-refractivity contribution < 1.29 is 19.2 Å². The number of ether oxygens (including phenoxy) is 2. The van der Waals surface area contributed by atoms with Crippen molar-refractivity contribution in [3.63, 3.8) is 0 Å². The molecule has 3 aromatic rings. The van der Waals surface area contributed by atoms with Crippen LogP contribution in [0.25, 0.3) is 16.3 Å². The molecule has 8 nitrogen and oxygen atoms in total. The predicted octanol–water partition coefficient (Wildman–Crippen LogP) is 3.89. The van der Waals surface area contributed by atoms with Crippen LogP contribution in [-0.2, 0) is 11.3 Å². The maximum atomic E-state index is 12.4. The molecule has 2 heterocycles. The van der Waals surface area contributed by atoms with Crippen LogP contribution >= 0.6 is 11.3 Å². The van der Waals surface area contributed by atoms with Crippen molar-refractivity contribution in [2.45, 2.75) is 19.9 Å². The first-order valence-corrected chi connectivity index (χ1v) is 9.81. The van der Waals surface area contributed by atoms with Crippen LogP contribution in [0.1, 0.15) is 18.9 Å². The van der Waals surface area contributed by atoms with E-state index in [0.717, 1.165) is 23.2 Å². The van der Waals surface area contributed by atoms with Gasteiger partial charge in [0.05, 0.1) is 15.1 Å². The van der Waals surface area contributed by atoms with Gasteiger partial charge in [-0.15, -0.1) is 0 Å². The summed E-state index contributed by atoms with van der Waals surface area (Å²) in [5.74, 6) is 0.981. The molecule has 0 aliphatic carbocycles.